The molecule has 0 amide bonds. The van der Waals surface area contributed by atoms with E-state index in [0.29, 0.717) is 19.0 Å². The van der Waals surface area contributed by atoms with Crippen molar-refractivity contribution in [3.8, 4) is 5.88 Å². The van der Waals surface area contributed by atoms with Crippen LogP contribution in [0.15, 0.2) is 47.6 Å². The molecule has 0 fully saturated rings. The number of nitrogens with one attached hydrogen (secondary N) is 2. The fraction of sp³-hybridized carbons (Fsp3) is 0.333. The molecular weight excluding hydrogens is 434 g/mol. The zero-order valence-electron chi connectivity index (χ0n) is 14.5. The third-order valence-electron chi connectivity index (χ3n) is 3.37. The number of ether oxygens (including phenoxy) is 1. The van der Waals surface area contributed by atoms with Gasteiger partial charge >= 0.3 is 0 Å². The van der Waals surface area contributed by atoms with Crippen LogP contribution in [-0.2, 0) is 13.0 Å². The molecule has 0 aliphatic rings. The van der Waals surface area contributed by atoms with E-state index in [2.05, 4.69) is 20.6 Å². The number of aromatic nitrogens is 1. The van der Waals surface area contributed by atoms with E-state index in [0.717, 1.165) is 30.1 Å². The molecule has 0 saturated heterocycles. The molecule has 2 N–H and O–H groups in total. The maximum absolute atomic E-state index is 13.2. The van der Waals surface area contributed by atoms with Gasteiger partial charge in [0.05, 0.1) is 13.7 Å². The van der Waals surface area contributed by atoms with Crippen molar-refractivity contribution in [3.05, 3.63) is 59.5 Å². The first-order valence-corrected chi connectivity index (χ1v) is 7.97. The number of rotatable bonds is 7. The van der Waals surface area contributed by atoms with Gasteiger partial charge in [0.15, 0.2) is 5.96 Å². The molecule has 1 aromatic heterocycles. The molecule has 0 spiro atoms. The van der Waals surface area contributed by atoms with E-state index in [1.165, 1.54) is 6.07 Å². The molecule has 136 valence electrons. The Morgan fingerprint density at radius 2 is 2.04 bits per heavy atom. The van der Waals surface area contributed by atoms with Crippen molar-refractivity contribution in [2.24, 2.45) is 4.99 Å². The van der Waals surface area contributed by atoms with Crippen LogP contribution in [0.2, 0.25) is 0 Å². The summed E-state index contributed by atoms with van der Waals surface area (Å²) in [4.78, 5) is 8.69. The maximum atomic E-state index is 13.2. The number of nitrogens with zero attached hydrogens (tertiary/aromatic N) is 2. The highest BCUT2D eigenvalue weighted by Gasteiger charge is 2.00. The minimum atomic E-state index is -0.208. The number of halogens is 2. The zero-order valence-corrected chi connectivity index (χ0v) is 16.8. The molecule has 1 heterocycles. The van der Waals surface area contributed by atoms with E-state index in [-0.39, 0.29) is 29.8 Å². The molecular formula is C18H24FIN4O. The lowest BCUT2D eigenvalue weighted by atomic mass is 10.1. The van der Waals surface area contributed by atoms with Crippen LogP contribution < -0.4 is 15.4 Å². The first-order chi connectivity index (χ1) is 11.7. The lowest BCUT2D eigenvalue weighted by Gasteiger charge is -2.11. The summed E-state index contributed by atoms with van der Waals surface area (Å²) in [6.07, 6.45) is 2.48. The van der Waals surface area contributed by atoms with Crippen LogP contribution in [-0.4, -0.2) is 31.1 Å². The number of hydrogen-bond donors (Lipinski definition) is 2. The van der Waals surface area contributed by atoms with Gasteiger partial charge in [-0.1, -0.05) is 18.2 Å². The monoisotopic (exact) mass is 458 g/mol. The van der Waals surface area contributed by atoms with Gasteiger partial charge in [-0.25, -0.2) is 14.4 Å². The van der Waals surface area contributed by atoms with Crippen molar-refractivity contribution in [1.82, 2.24) is 15.6 Å². The molecule has 1 aromatic carbocycles. The zero-order chi connectivity index (χ0) is 17.2. The Morgan fingerprint density at radius 3 is 2.68 bits per heavy atom. The fourth-order valence-corrected chi connectivity index (χ4v) is 2.16. The van der Waals surface area contributed by atoms with Crippen molar-refractivity contribution in [2.45, 2.75) is 19.9 Å². The highest BCUT2D eigenvalue weighted by atomic mass is 127. The number of hydrogen-bond acceptors (Lipinski definition) is 3. The van der Waals surface area contributed by atoms with Gasteiger partial charge in [0.25, 0.3) is 0 Å². The second kappa shape index (κ2) is 11.6. The summed E-state index contributed by atoms with van der Waals surface area (Å²) < 4.78 is 18.2. The summed E-state index contributed by atoms with van der Waals surface area (Å²) >= 11 is 0. The molecule has 5 nitrogen and oxygen atoms in total. The van der Waals surface area contributed by atoms with Crippen molar-refractivity contribution < 1.29 is 9.13 Å². The Kier molecular flexibility index (Phi) is 9.83. The Bertz CT molecular complexity index is 664. The fourth-order valence-electron chi connectivity index (χ4n) is 2.16. The third-order valence-corrected chi connectivity index (χ3v) is 3.37. The van der Waals surface area contributed by atoms with Gasteiger partial charge in [0.1, 0.15) is 5.82 Å². The van der Waals surface area contributed by atoms with E-state index in [1.807, 2.05) is 25.1 Å². The average molecular weight is 458 g/mol. The van der Waals surface area contributed by atoms with E-state index >= 15 is 0 Å². The van der Waals surface area contributed by atoms with Crippen LogP contribution in [0.25, 0.3) is 0 Å². The maximum Gasteiger partial charge on any atom is 0.212 e. The van der Waals surface area contributed by atoms with Gasteiger partial charge in [0.2, 0.25) is 5.88 Å². The van der Waals surface area contributed by atoms with Gasteiger partial charge in [-0.3, -0.25) is 0 Å². The highest BCUT2D eigenvalue weighted by molar-refractivity contribution is 14.0. The molecule has 0 aliphatic carbocycles. The predicted molar refractivity (Wildman–Crippen MR) is 109 cm³/mol. The van der Waals surface area contributed by atoms with Crippen LogP contribution in [0.4, 0.5) is 4.39 Å². The van der Waals surface area contributed by atoms with Gasteiger partial charge in [-0.2, -0.15) is 0 Å². The van der Waals surface area contributed by atoms with Crippen LogP contribution in [0.5, 0.6) is 5.88 Å². The Hall–Kier alpha value is -1.90. The lowest BCUT2D eigenvalue weighted by molar-refractivity contribution is 0.397. The van der Waals surface area contributed by atoms with Gasteiger partial charge < -0.3 is 15.4 Å². The molecule has 0 saturated carbocycles. The van der Waals surface area contributed by atoms with E-state index in [1.54, 1.807) is 25.4 Å². The lowest BCUT2D eigenvalue weighted by Crippen LogP contribution is -2.38. The predicted octanol–water partition coefficient (Wildman–Crippen LogP) is 3.15. The SMILES string of the molecule is CCNC(=NCc1ccc(OC)nc1)NCCc1cccc(F)c1.I. The molecule has 0 bridgehead atoms. The summed E-state index contributed by atoms with van der Waals surface area (Å²) in [5.41, 5.74) is 1.95. The first kappa shape index (κ1) is 21.1. The summed E-state index contributed by atoms with van der Waals surface area (Å²) in [5, 5.41) is 6.45. The quantitative estimate of drug-likeness (QED) is 0.381. The average Bonchev–Trinajstić information content (AvgIpc) is 2.60. The molecule has 7 heteroatoms. The number of benzene rings is 1. The molecule has 25 heavy (non-hydrogen) atoms. The van der Waals surface area contributed by atoms with E-state index < -0.39 is 0 Å². The van der Waals surface area contributed by atoms with Gasteiger partial charge in [-0.05, 0) is 36.6 Å². The summed E-state index contributed by atoms with van der Waals surface area (Å²) in [6.45, 7) is 3.98. The van der Waals surface area contributed by atoms with Crippen molar-refractivity contribution in [1.29, 1.82) is 0 Å². The number of guanidine groups is 1. The number of methoxy groups -OCH3 is 1. The molecule has 0 atom stereocenters. The summed E-state index contributed by atoms with van der Waals surface area (Å²) in [5.74, 6) is 1.10. The molecule has 2 rings (SSSR count). The second-order valence-electron chi connectivity index (χ2n) is 5.21. The van der Waals surface area contributed by atoms with E-state index in [9.17, 15) is 4.39 Å². The Morgan fingerprint density at radius 1 is 1.20 bits per heavy atom. The number of aliphatic imine (C=N–C) groups is 1. The largest absolute Gasteiger partial charge is 0.481 e. The molecule has 2 aromatic rings. The topological polar surface area (TPSA) is 58.5 Å². The van der Waals surface area contributed by atoms with Gasteiger partial charge in [0, 0.05) is 25.4 Å². The molecule has 0 radical (unpaired) electrons. The van der Waals surface area contributed by atoms with Crippen LogP contribution >= 0.6 is 24.0 Å². The van der Waals surface area contributed by atoms with Crippen molar-refractivity contribution >= 4 is 29.9 Å². The minimum absolute atomic E-state index is 0. The van der Waals surface area contributed by atoms with Crippen molar-refractivity contribution in [2.75, 3.05) is 20.2 Å². The normalized spacial score (nSPS) is 10.8. The third kappa shape index (κ3) is 7.68. The van der Waals surface area contributed by atoms with Crippen molar-refractivity contribution in [3.63, 3.8) is 0 Å². The first-order valence-electron chi connectivity index (χ1n) is 7.97. The smallest absolute Gasteiger partial charge is 0.212 e. The molecule has 0 unspecified atom stereocenters. The Balaban J connectivity index is 0.00000312. The highest BCUT2D eigenvalue weighted by Crippen LogP contribution is 2.07. The summed E-state index contributed by atoms with van der Waals surface area (Å²) in [7, 11) is 1.59. The number of pyridine rings is 1. The van der Waals surface area contributed by atoms with E-state index in [4.69, 9.17) is 4.74 Å². The molecule has 0 aliphatic heterocycles. The van der Waals surface area contributed by atoms with Gasteiger partial charge in [-0.15, -0.1) is 24.0 Å². The van der Waals surface area contributed by atoms with Crippen LogP contribution in [0.1, 0.15) is 18.1 Å². The Labute approximate surface area is 165 Å². The van der Waals surface area contributed by atoms with Crippen LogP contribution in [0.3, 0.4) is 0 Å². The standard InChI is InChI=1S/C18H23FN4O.HI/c1-3-20-18(21-10-9-14-5-4-6-16(19)11-14)23-13-15-7-8-17(24-2)22-12-15;/h4-8,11-12H,3,9-10,13H2,1-2H3,(H2,20,21,23);1H. The summed E-state index contributed by atoms with van der Waals surface area (Å²) in [6, 6.07) is 10.4. The van der Waals surface area contributed by atoms with Crippen LogP contribution in [0, 0.1) is 5.82 Å². The minimum Gasteiger partial charge on any atom is -0.481 e. The second-order valence-corrected chi connectivity index (χ2v) is 5.21.